The number of methoxy groups -OCH3 is 1. The predicted octanol–water partition coefficient (Wildman–Crippen LogP) is 6.78. The Balaban J connectivity index is 0.996. The molecule has 5 aromatic rings. The zero-order valence-electron chi connectivity index (χ0n) is 29.2. The van der Waals surface area contributed by atoms with Crippen molar-refractivity contribution in [1.82, 2.24) is 25.4 Å². The number of carbonyl (C=O) groups is 2. The summed E-state index contributed by atoms with van der Waals surface area (Å²) in [7, 11) is 1.62. The number of para-hydroxylation sites is 1. The number of fused-ring (bicyclic) bond motifs is 1. The average Bonchev–Trinajstić information content (AvgIpc) is 3.17. The predicted molar refractivity (Wildman–Crippen MR) is 202 cm³/mol. The maximum atomic E-state index is 13.8. The molecule has 0 saturated carbocycles. The van der Waals surface area contributed by atoms with Gasteiger partial charge >= 0.3 is 0 Å². The quantitative estimate of drug-likeness (QED) is 0.141. The smallest absolute Gasteiger partial charge is 0.255 e. The molecule has 262 valence electrons. The topological polar surface area (TPSA) is 98.8 Å². The first-order chi connectivity index (χ1) is 25.0. The highest BCUT2D eigenvalue weighted by Crippen LogP contribution is 2.34. The first-order valence-electron chi connectivity index (χ1n) is 18.0. The van der Waals surface area contributed by atoms with Crippen molar-refractivity contribution in [2.75, 3.05) is 38.6 Å². The Morgan fingerprint density at radius 2 is 1.24 bits per heavy atom. The van der Waals surface area contributed by atoms with Crippen LogP contribution in [0, 0.1) is 0 Å². The molecule has 2 aliphatic heterocycles. The van der Waals surface area contributed by atoms with Crippen molar-refractivity contribution >= 4 is 34.1 Å². The van der Waals surface area contributed by atoms with Crippen LogP contribution in [0.25, 0.3) is 10.9 Å². The molecule has 0 bridgehead atoms. The highest BCUT2D eigenvalue weighted by Gasteiger charge is 2.25. The molecular formula is C42H46N6O3. The third-order valence-electron chi connectivity index (χ3n) is 10.1. The van der Waals surface area contributed by atoms with Gasteiger partial charge in [-0.2, -0.15) is 0 Å². The zero-order chi connectivity index (χ0) is 35.0. The molecule has 9 heteroatoms. The summed E-state index contributed by atoms with van der Waals surface area (Å²) in [4.78, 5) is 36.6. The van der Waals surface area contributed by atoms with E-state index in [1.54, 1.807) is 13.3 Å². The zero-order valence-corrected chi connectivity index (χ0v) is 29.2. The van der Waals surface area contributed by atoms with Gasteiger partial charge in [0.2, 0.25) is 0 Å². The van der Waals surface area contributed by atoms with Crippen molar-refractivity contribution in [1.29, 1.82) is 0 Å². The molecule has 1 aromatic heterocycles. The van der Waals surface area contributed by atoms with E-state index in [2.05, 4.69) is 79.3 Å². The van der Waals surface area contributed by atoms with Gasteiger partial charge in [0.1, 0.15) is 11.3 Å². The molecule has 0 atom stereocenters. The van der Waals surface area contributed by atoms with Gasteiger partial charge in [-0.05, 0) is 67.1 Å². The van der Waals surface area contributed by atoms with E-state index >= 15 is 0 Å². The van der Waals surface area contributed by atoms with Gasteiger partial charge in [-0.25, -0.2) is 0 Å². The van der Waals surface area contributed by atoms with Gasteiger partial charge in [0.15, 0.2) is 0 Å². The number of carbonyl (C=O) groups excluding carboxylic acids is 2. The Bertz CT molecular complexity index is 1920. The van der Waals surface area contributed by atoms with Crippen LogP contribution in [0.4, 0.5) is 11.4 Å². The Kier molecular flexibility index (Phi) is 10.9. The molecule has 7 rings (SSSR count). The number of aromatic nitrogens is 1. The molecular weight excluding hydrogens is 637 g/mol. The van der Waals surface area contributed by atoms with E-state index in [9.17, 15) is 9.59 Å². The molecule has 0 unspecified atom stereocenters. The largest absolute Gasteiger partial charge is 0.494 e. The van der Waals surface area contributed by atoms with Gasteiger partial charge in [-0.15, -0.1) is 0 Å². The van der Waals surface area contributed by atoms with Crippen LogP contribution in [-0.2, 0) is 13.1 Å². The number of anilines is 2. The molecule has 0 spiro atoms. The van der Waals surface area contributed by atoms with E-state index in [1.807, 2.05) is 54.6 Å². The fourth-order valence-electron chi connectivity index (χ4n) is 7.20. The van der Waals surface area contributed by atoms with Crippen molar-refractivity contribution in [3.05, 3.63) is 132 Å². The number of benzene rings is 4. The number of ether oxygens (including phenoxy) is 1. The van der Waals surface area contributed by atoms with Crippen molar-refractivity contribution in [3.8, 4) is 5.75 Å². The van der Waals surface area contributed by atoms with E-state index in [1.165, 1.54) is 11.1 Å². The molecule has 3 heterocycles. The number of hydrogen-bond acceptors (Lipinski definition) is 7. The number of nitrogens with zero attached hydrogens (tertiary/aromatic N) is 3. The molecule has 2 fully saturated rings. The van der Waals surface area contributed by atoms with Crippen molar-refractivity contribution in [2.45, 2.75) is 50.9 Å². The monoisotopic (exact) mass is 682 g/mol. The molecule has 51 heavy (non-hydrogen) atoms. The molecule has 0 radical (unpaired) electrons. The molecule has 2 saturated heterocycles. The number of likely N-dealkylation sites (tertiary alicyclic amines) is 2. The van der Waals surface area contributed by atoms with Crippen molar-refractivity contribution < 1.29 is 14.3 Å². The lowest BCUT2D eigenvalue weighted by molar-refractivity contribution is 0.0901. The summed E-state index contributed by atoms with van der Waals surface area (Å²) in [5.41, 5.74) is 5.76. The van der Waals surface area contributed by atoms with Crippen LogP contribution in [0.3, 0.4) is 0 Å². The van der Waals surface area contributed by atoms with Gasteiger partial charge in [0.05, 0.1) is 18.4 Å². The first kappa shape index (κ1) is 34.2. The number of piperidine rings is 2. The van der Waals surface area contributed by atoms with Crippen LogP contribution in [-0.4, -0.2) is 72.0 Å². The van der Waals surface area contributed by atoms with E-state index in [-0.39, 0.29) is 23.9 Å². The SMILES string of the molecule is COc1cccc2c(Nc3ccc(C(=O)NC4CCN(Cc5ccccc5)CC4)cc3)c(C(=O)NC3CCN(Cc4ccccc4)CC3)cnc12. The third-order valence-corrected chi connectivity index (χ3v) is 10.1. The summed E-state index contributed by atoms with van der Waals surface area (Å²) in [6, 6.07) is 34.4. The van der Waals surface area contributed by atoms with Crippen LogP contribution in [0.1, 0.15) is 57.5 Å². The highest BCUT2D eigenvalue weighted by molar-refractivity contribution is 6.09. The number of pyridine rings is 1. The normalized spacial score (nSPS) is 16.1. The number of hydrogen-bond donors (Lipinski definition) is 3. The molecule has 2 amide bonds. The summed E-state index contributed by atoms with van der Waals surface area (Å²) in [6.45, 7) is 5.61. The van der Waals surface area contributed by atoms with E-state index in [4.69, 9.17) is 4.74 Å². The average molecular weight is 683 g/mol. The van der Waals surface area contributed by atoms with Crippen LogP contribution in [0.2, 0.25) is 0 Å². The molecule has 3 N–H and O–H groups in total. The van der Waals surface area contributed by atoms with Crippen LogP contribution >= 0.6 is 0 Å². The maximum Gasteiger partial charge on any atom is 0.255 e. The minimum atomic E-state index is -0.165. The van der Waals surface area contributed by atoms with Gasteiger partial charge in [-0.1, -0.05) is 72.8 Å². The van der Waals surface area contributed by atoms with Crippen molar-refractivity contribution in [2.24, 2.45) is 0 Å². The number of amides is 2. The summed E-state index contributed by atoms with van der Waals surface area (Å²) in [6.07, 6.45) is 5.24. The first-order valence-corrected chi connectivity index (χ1v) is 18.0. The second-order valence-electron chi connectivity index (χ2n) is 13.6. The lowest BCUT2D eigenvalue weighted by Gasteiger charge is -2.32. The maximum absolute atomic E-state index is 13.8. The van der Waals surface area contributed by atoms with E-state index < -0.39 is 0 Å². The van der Waals surface area contributed by atoms with Gasteiger partial charge in [0.25, 0.3) is 11.8 Å². The summed E-state index contributed by atoms with van der Waals surface area (Å²) < 4.78 is 5.60. The van der Waals surface area contributed by atoms with Gasteiger partial charge in [-0.3, -0.25) is 24.4 Å². The highest BCUT2D eigenvalue weighted by atomic mass is 16.5. The minimum Gasteiger partial charge on any atom is -0.494 e. The van der Waals surface area contributed by atoms with E-state index in [0.717, 1.165) is 76.0 Å². The Hall–Kier alpha value is -5.25. The molecule has 0 aliphatic carbocycles. The van der Waals surface area contributed by atoms with Crippen LogP contribution < -0.4 is 20.7 Å². The Morgan fingerprint density at radius 1 is 0.686 bits per heavy atom. The lowest BCUT2D eigenvalue weighted by atomic mass is 10.0. The van der Waals surface area contributed by atoms with Gasteiger partial charge in [0, 0.05) is 74.2 Å². The second kappa shape index (κ2) is 16.2. The lowest BCUT2D eigenvalue weighted by Crippen LogP contribution is -2.44. The summed E-state index contributed by atoms with van der Waals surface area (Å²) >= 11 is 0. The van der Waals surface area contributed by atoms with Crippen molar-refractivity contribution in [3.63, 3.8) is 0 Å². The number of rotatable bonds is 11. The van der Waals surface area contributed by atoms with Gasteiger partial charge < -0.3 is 20.7 Å². The number of nitrogens with one attached hydrogen (secondary N) is 3. The minimum absolute atomic E-state index is 0.0722. The molecule has 2 aliphatic rings. The van der Waals surface area contributed by atoms with E-state index in [0.29, 0.717) is 28.1 Å². The summed E-state index contributed by atoms with van der Waals surface area (Å²) in [5.74, 6) is 0.394. The second-order valence-corrected chi connectivity index (χ2v) is 13.6. The van der Waals surface area contributed by atoms with Crippen LogP contribution in [0.5, 0.6) is 5.75 Å². The fourth-order valence-corrected chi connectivity index (χ4v) is 7.20. The Labute approximate surface area is 300 Å². The molecule has 4 aromatic carbocycles. The fraction of sp³-hybridized carbons (Fsp3) is 0.310. The Morgan fingerprint density at radius 3 is 1.78 bits per heavy atom. The molecule has 9 nitrogen and oxygen atoms in total. The van der Waals surface area contributed by atoms with Crippen LogP contribution in [0.15, 0.2) is 109 Å². The summed E-state index contributed by atoms with van der Waals surface area (Å²) in [5, 5.41) is 10.8. The third kappa shape index (κ3) is 8.56. The standard InChI is InChI=1S/C42H46N6O3/c1-51-38-14-8-13-36-39(37(27-43-40(36)38)42(50)46-35-21-25-48(26-22-35)29-31-11-6-3-7-12-31)44-33-17-15-32(16-18-33)41(49)45-34-19-23-47(24-20-34)28-30-9-4-2-5-10-30/h2-18,27,34-35H,19-26,28-29H2,1H3,(H,43,44)(H,45,49)(H,46,50).